The third kappa shape index (κ3) is 6.59. The average Bonchev–Trinajstić information content (AvgIpc) is 2.72. The van der Waals surface area contributed by atoms with Crippen molar-refractivity contribution in [1.29, 1.82) is 0 Å². The maximum absolute atomic E-state index is 12.7. The first kappa shape index (κ1) is 21.3. The van der Waals surface area contributed by atoms with Gasteiger partial charge in [0.05, 0.1) is 18.6 Å². The van der Waals surface area contributed by atoms with Crippen LogP contribution in [0.4, 0.5) is 0 Å². The zero-order chi connectivity index (χ0) is 19.8. The van der Waals surface area contributed by atoms with Crippen molar-refractivity contribution in [2.75, 3.05) is 13.4 Å². The Hall–Kier alpha value is -1.39. The molecule has 1 aromatic carbocycles. The summed E-state index contributed by atoms with van der Waals surface area (Å²) in [7, 11) is 0. The number of ether oxygens (including phenoxy) is 3. The van der Waals surface area contributed by atoms with Gasteiger partial charge in [0.2, 0.25) is 0 Å². The topological polar surface area (TPSA) is 44.8 Å². The van der Waals surface area contributed by atoms with E-state index in [1.807, 2.05) is 30.3 Å². The van der Waals surface area contributed by atoms with Crippen LogP contribution in [0, 0.1) is 17.8 Å². The van der Waals surface area contributed by atoms with Crippen molar-refractivity contribution < 1.29 is 19.0 Å². The predicted octanol–water partition coefficient (Wildman–Crippen LogP) is 5.67. The molecule has 1 aromatic rings. The van der Waals surface area contributed by atoms with E-state index in [9.17, 15) is 4.79 Å². The number of hydrogen-bond donors (Lipinski definition) is 0. The minimum atomic E-state index is -0.372. The van der Waals surface area contributed by atoms with Crippen LogP contribution in [0.15, 0.2) is 30.3 Å². The summed E-state index contributed by atoms with van der Waals surface area (Å²) >= 11 is 0. The third-order valence-corrected chi connectivity index (χ3v) is 6.40. The number of benzene rings is 1. The molecule has 0 aliphatic heterocycles. The SMILES string of the molecule is CC1CCC(OCOCC(OC(=O)C2CCC(C)CC2)c2ccccc2)CC1. The van der Waals surface area contributed by atoms with Gasteiger partial charge in [-0.3, -0.25) is 4.79 Å². The second-order valence-corrected chi connectivity index (χ2v) is 8.83. The lowest BCUT2D eigenvalue weighted by Gasteiger charge is -2.28. The molecule has 2 aliphatic rings. The van der Waals surface area contributed by atoms with Crippen molar-refractivity contribution in [3.05, 3.63) is 35.9 Å². The number of carbonyl (C=O) groups excluding carboxylic acids is 1. The van der Waals surface area contributed by atoms with Gasteiger partial charge in [-0.25, -0.2) is 0 Å². The van der Waals surface area contributed by atoms with Crippen LogP contribution in [0.2, 0.25) is 0 Å². The minimum Gasteiger partial charge on any atom is -0.455 e. The summed E-state index contributed by atoms with van der Waals surface area (Å²) in [5.41, 5.74) is 0.978. The van der Waals surface area contributed by atoms with Gasteiger partial charge in [0.1, 0.15) is 6.79 Å². The molecule has 156 valence electrons. The highest BCUT2D eigenvalue weighted by Gasteiger charge is 2.28. The van der Waals surface area contributed by atoms with Crippen LogP contribution < -0.4 is 0 Å². The molecule has 1 atom stereocenters. The molecule has 0 heterocycles. The standard InChI is InChI=1S/C24H36O4/c1-18-8-12-21(13-9-18)24(25)28-23(20-6-4-3-5-7-20)16-26-17-27-22-14-10-19(2)11-15-22/h3-7,18-19,21-23H,8-17H2,1-2H3. The molecular formula is C24H36O4. The second-order valence-electron chi connectivity index (χ2n) is 8.83. The summed E-state index contributed by atoms with van der Waals surface area (Å²) < 4.78 is 17.6. The first-order chi connectivity index (χ1) is 13.6. The molecule has 2 saturated carbocycles. The Bertz CT molecular complexity index is 572. The van der Waals surface area contributed by atoms with Crippen LogP contribution in [-0.4, -0.2) is 25.5 Å². The normalized spacial score (nSPS) is 29.2. The minimum absolute atomic E-state index is 0.0305. The molecule has 3 rings (SSSR count). The van der Waals surface area contributed by atoms with E-state index in [4.69, 9.17) is 14.2 Å². The van der Waals surface area contributed by atoms with E-state index in [-0.39, 0.29) is 24.8 Å². The highest BCUT2D eigenvalue weighted by atomic mass is 16.7. The predicted molar refractivity (Wildman–Crippen MR) is 110 cm³/mol. The van der Waals surface area contributed by atoms with Gasteiger partial charge in [0, 0.05) is 0 Å². The van der Waals surface area contributed by atoms with Gasteiger partial charge in [-0.1, -0.05) is 44.2 Å². The summed E-state index contributed by atoms with van der Waals surface area (Å²) in [6, 6.07) is 9.90. The van der Waals surface area contributed by atoms with Gasteiger partial charge in [-0.05, 0) is 68.8 Å². The van der Waals surface area contributed by atoms with E-state index in [1.54, 1.807) is 0 Å². The zero-order valence-electron chi connectivity index (χ0n) is 17.5. The molecule has 0 saturated heterocycles. The number of carbonyl (C=O) groups is 1. The fourth-order valence-corrected chi connectivity index (χ4v) is 4.29. The van der Waals surface area contributed by atoms with E-state index < -0.39 is 0 Å². The molecular weight excluding hydrogens is 352 g/mol. The van der Waals surface area contributed by atoms with Crippen molar-refractivity contribution in [2.45, 2.75) is 77.4 Å². The zero-order valence-corrected chi connectivity index (χ0v) is 17.5. The molecule has 4 heteroatoms. The lowest BCUT2D eigenvalue weighted by Crippen LogP contribution is -2.27. The molecule has 2 fully saturated rings. The lowest BCUT2D eigenvalue weighted by molar-refractivity contribution is -0.165. The smallest absolute Gasteiger partial charge is 0.309 e. The average molecular weight is 389 g/mol. The van der Waals surface area contributed by atoms with E-state index in [2.05, 4.69) is 13.8 Å². The van der Waals surface area contributed by atoms with Gasteiger partial charge >= 0.3 is 5.97 Å². The number of esters is 1. The summed E-state index contributed by atoms with van der Waals surface area (Å²) in [5, 5.41) is 0. The van der Waals surface area contributed by atoms with Crippen LogP contribution in [0.3, 0.4) is 0 Å². The Morgan fingerprint density at radius 1 is 0.929 bits per heavy atom. The summed E-state index contributed by atoms with van der Waals surface area (Å²) in [5.74, 6) is 1.48. The second kappa shape index (κ2) is 11.0. The fourth-order valence-electron chi connectivity index (χ4n) is 4.29. The molecule has 1 unspecified atom stereocenters. The van der Waals surface area contributed by atoms with E-state index in [1.165, 1.54) is 12.8 Å². The van der Waals surface area contributed by atoms with E-state index >= 15 is 0 Å². The van der Waals surface area contributed by atoms with Crippen molar-refractivity contribution in [1.82, 2.24) is 0 Å². The Morgan fingerprint density at radius 3 is 2.18 bits per heavy atom. The molecule has 0 N–H and O–H groups in total. The monoisotopic (exact) mass is 388 g/mol. The van der Waals surface area contributed by atoms with Gasteiger partial charge in [0.15, 0.2) is 6.10 Å². The molecule has 28 heavy (non-hydrogen) atoms. The number of hydrogen-bond acceptors (Lipinski definition) is 4. The van der Waals surface area contributed by atoms with Crippen molar-refractivity contribution in [3.8, 4) is 0 Å². The van der Waals surface area contributed by atoms with Gasteiger partial charge in [0.25, 0.3) is 0 Å². The summed E-state index contributed by atoms with van der Waals surface area (Å²) in [6.07, 6.45) is 8.71. The first-order valence-electron chi connectivity index (χ1n) is 11.1. The molecule has 0 aromatic heterocycles. The van der Waals surface area contributed by atoms with Crippen LogP contribution in [0.25, 0.3) is 0 Å². The van der Waals surface area contributed by atoms with Crippen LogP contribution in [0.1, 0.15) is 76.9 Å². The molecule has 0 amide bonds. The Morgan fingerprint density at radius 2 is 1.54 bits per heavy atom. The Kier molecular flexibility index (Phi) is 8.35. The van der Waals surface area contributed by atoms with Gasteiger partial charge in [-0.2, -0.15) is 0 Å². The highest BCUT2D eigenvalue weighted by molar-refractivity contribution is 5.72. The molecule has 2 aliphatic carbocycles. The largest absolute Gasteiger partial charge is 0.455 e. The quantitative estimate of drug-likeness (QED) is 0.327. The molecule has 0 radical (unpaired) electrons. The van der Waals surface area contributed by atoms with E-state index in [0.717, 1.165) is 55.9 Å². The molecule has 0 spiro atoms. The van der Waals surface area contributed by atoms with Gasteiger partial charge < -0.3 is 14.2 Å². The van der Waals surface area contributed by atoms with Gasteiger partial charge in [-0.15, -0.1) is 0 Å². The van der Waals surface area contributed by atoms with E-state index in [0.29, 0.717) is 12.7 Å². The van der Waals surface area contributed by atoms with Crippen LogP contribution >= 0.6 is 0 Å². The van der Waals surface area contributed by atoms with Crippen molar-refractivity contribution in [3.63, 3.8) is 0 Å². The first-order valence-corrected chi connectivity index (χ1v) is 11.1. The fraction of sp³-hybridized carbons (Fsp3) is 0.708. The Labute approximate surface area is 169 Å². The molecule has 0 bridgehead atoms. The maximum atomic E-state index is 12.7. The molecule has 4 nitrogen and oxygen atoms in total. The van der Waals surface area contributed by atoms with Crippen molar-refractivity contribution >= 4 is 5.97 Å². The summed E-state index contributed by atoms with van der Waals surface area (Å²) in [4.78, 5) is 12.7. The van der Waals surface area contributed by atoms with Crippen molar-refractivity contribution in [2.24, 2.45) is 17.8 Å². The maximum Gasteiger partial charge on any atom is 0.309 e. The summed E-state index contributed by atoms with van der Waals surface area (Å²) in [6.45, 7) is 5.16. The van der Waals surface area contributed by atoms with Crippen LogP contribution in [-0.2, 0) is 19.0 Å². The highest BCUT2D eigenvalue weighted by Crippen LogP contribution is 2.31. The number of rotatable bonds is 8. The third-order valence-electron chi connectivity index (χ3n) is 6.40. The van der Waals surface area contributed by atoms with Crippen LogP contribution in [0.5, 0.6) is 0 Å². The Balaban J connectivity index is 1.47. The lowest BCUT2D eigenvalue weighted by atomic mass is 9.83.